The van der Waals surface area contributed by atoms with Crippen molar-refractivity contribution in [3.05, 3.63) is 114 Å². The third-order valence-corrected chi connectivity index (χ3v) is 5.41. The average Bonchev–Trinajstić information content (AvgIpc) is 2.79. The first-order valence-electron chi connectivity index (χ1n) is 9.40. The van der Waals surface area contributed by atoms with Crippen molar-refractivity contribution >= 4 is 16.8 Å². The van der Waals surface area contributed by atoms with Crippen LogP contribution in [-0.2, 0) is 5.60 Å². The molecule has 0 saturated heterocycles. The van der Waals surface area contributed by atoms with Gasteiger partial charge >= 0.3 is 0 Å². The number of hydrogen-bond donors (Lipinski definition) is 0. The molecule has 1 heterocycles. The Kier molecular flexibility index (Phi) is 3.91. The summed E-state index contributed by atoms with van der Waals surface area (Å²) in [6, 6.07) is 31.1. The maximum absolute atomic E-state index is 6.75. The SMILES string of the molecule is COc1ccc(C2(c3ccccc3)C=Cc3c(ccc4ccccc34)O2)cc1. The number of hydrogen-bond acceptors (Lipinski definition) is 2. The summed E-state index contributed by atoms with van der Waals surface area (Å²) < 4.78 is 12.1. The maximum Gasteiger partial charge on any atom is 0.178 e. The van der Waals surface area contributed by atoms with Gasteiger partial charge in [0.1, 0.15) is 11.5 Å². The predicted octanol–water partition coefficient (Wildman–Crippen LogP) is 6.20. The van der Waals surface area contributed by atoms with Crippen LogP contribution in [0.3, 0.4) is 0 Å². The molecule has 4 aromatic rings. The Bertz CT molecular complexity index is 1160. The molecule has 0 amide bonds. The van der Waals surface area contributed by atoms with Crippen molar-refractivity contribution in [2.75, 3.05) is 7.11 Å². The van der Waals surface area contributed by atoms with Crippen molar-refractivity contribution in [1.82, 2.24) is 0 Å². The Hall–Kier alpha value is -3.52. The van der Waals surface area contributed by atoms with Gasteiger partial charge in [-0.3, -0.25) is 0 Å². The predicted molar refractivity (Wildman–Crippen MR) is 114 cm³/mol. The lowest BCUT2D eigenvalue weighted by Crippen LogP contribution is -2.34. The lowest BCUT2D eigenvalue weighted by molar-refractivity contribution is 0.161. The van der Waals surface area contributed by atoms with Crippen LogP contribution in [-0.4, -0.2) is 7.11 Å². The van der Waals surface area contributed by atoms with E-state index in [1.54, 1.807) is 7.11 Å². The molecule has 1 atom stereocenters. The fourth-order valence-electron chi connectivity index (χ4n) is 3.95. The van der Waals surface area contributed by atoms with Gasteiger partial charge in [-0.2, -0.15) is 0 Å². The second-order valence-electron chi connectivity index (χ2n) is 6.96. The summed E-state index contributed by atoms with van der Waals surface area (Å²) in [6.45, 7) is 0. The molecule has 0 radical (unpaired) electrons. The molecular formula is C26H20O2. The van der Waals surface area contributed by atoms with Crippen molar-refractivity contribution in [2.45, 2.75) is 5.60 Å². The Morgan fingerprint density at radius 3 is 2.21 bits per heavy atom. The number of rotatable bonds is 3. The molecule has 0 N–H and O–H groups in total. The largest absolute Gasteiger partial charge is 0.497 e. The Morgan fingerprint density at radius 1 is 0.714 bits per heavy atom. The fourth-order valence-corrected chi connectivity index (χ4v) is 3.95. The molecule has 28 heavy (non-hydrogen) atoms. The minimum absolute atomic E-state index is 0.678. The second kappa shape index (κ2) is 6.58. The minimum Gasteiger partial charge on any atom is -0.497 e. The zero-order chi connectivity index (χ0) is 19.0. The monoisotopic (exact) mass is 364 g/mol. The molecule has 0 fully saturated rings. The molecule has 0 aliphatic carbocycles. The van der Waals surface area contributed by atoms with Crippen molar-refractivity contribution in [3.8, 4) is 11.5 Å². The second-order valence-corrected chi connectivity index (χ2v) is 6.96. The molecule has 5 rings (SSSR count). The smallest absolute Gasteiger partial charge is 0.178 e. The van der Waals surface area contributed by atoms with E-state index in [1.165, 1.54) is 10.8 Å². The zero-order valence-corrected chi connectivity index (χ0v) is 15.6. The van der Waals surface area contributed by atoms with E-state index in [-0.39, 0.29) is 0 Å². The highest BCUT2D eigenvalue weighted by Crippen LogP contribution is 2.44. The summed E-state index contributed by atoms with van der Waals surface area (Å²) in [7, 11) is 1.68. The molecule has 0 bridgehead atoms. The molecule has 1 aliphatic heterocycles. The number of benzene rings is 4. The van der Waals surface area contributed by atoms with E-state index in [0.29, 0.717) is 0 Å². The number of fused-ring (bicyclic) bond motifs is 3. The summed E-state index contributed by atoms with van der Waals surface area (Å²) >= 11 is 0. The maximum atomic E-state index is 6.75. The van der Waals surface area contributed by atoms with Crippen LogP contribution in [0.2, 0.25) is 0 Å². The molecule has 0 saturated carbocycles. The van der Waals surface area contributed by atoms with Crippen LogP contribution >= 0.6 is 0 Å². The van der Waals surface area contributed by atoms with Gasteiger partial charge in [0.2, 0.25) is 0 Å². The van der Waals surface area contributed by atoms with Gasteiger partial charge in [-0.1, -0.05) is 72.8 Å². The van der Waals surface area contributed by atoms with Crippen LogP contribution in [0.5, 0.6) is 11.5 Å². The molecule has 1 aliphatic rings. The first-order chi connectivity index (χ1) is 13.8. The molecule has 0 spiro atoms. The lowest BCUT2D eigenvalue weighted by Gasteiger charge is -2.36. The van der Waals surface area contributed by atoms with Crippen LogP contribution in [0.15, 0.2) is 97.1 Å². The molecule has 4 aromatic carbocycles. The highest BCUT2D eigenvalue weighted by atomic mass is 16.5. The van der Waals surface area contributed by atoms with Gasteiger partial charge < -0.3 is 9.47 Å². The third kappa shape index (κ3) is 2.57. The van der Waals surface area contributed by atoms with Gasteiger partial charge in [-0.15, -0.1) is 0 Å². The zero-order valence-electron chi connectivity index (χ0n) is 15.6. The Labute approximate surface area is 164 Å². The minimum atomic E-state index is -0.678. The van der Waals surface area contributed by atoms with E-state index in [2.05, 4.69) is 72.8 Å². The van der Waals surface area contributed by atoms with Gasteiger partial charge in [0.15, 0.2) is 5.60 Å². The Balaban J connectivity index is 1.71. The lowest BCUT2D eigenvalue weighted by atomic mass is 9.83. The molecule has 1 unspecified atom stereocenters. The van der Waals surface area contributed by atoms with E-state index in [9.17, 15) is 0 Å². The van der Waals surface area contributed by atoms with Crippen LogP contribution in [0, 0.1) is 0 Å². The van der Waals surface area contributed by atoms with Crippen molar-refractivity contribution < 1.29 is 9.47 Å². The fraction of sp³-hybridized carbons (Fsp3) is 0.0769. The van der Waals surface area contributed by atoms with Gasteiger partial charge in [-0.05, 0) is 41.1 Å². The van der Waals surface area contributed by atoms with E-state index in [1.807, 2.05) is 30.3 Å². The van der Waals surface area contributed by atoms with E-state index in [0.717, 1.165) is 28.2 Å². The van der Waals surface area contributed by atoms with Gasteiger partial charge in [0.05, 0.1) is 7.11 Å². The van der Waals surface area contributed by atoms with Crippen LogP contribution < -0.4 is 9.47 Å². The topological polar surface area (TPSA) is 18.5 Å². The van der Waals surface area contributed by atoms with Crippen molar-refractivity contribution in [1.29, 1.82) is 0 Å². The summed E-state index contributed by atoms with van der Waals surface area (Å²) in [5, 5.41) is 2.42. The summed E-state index contributed by atoms with van der Waals surface area (Å²) in [6.07, 6.45) is 4.36. The van der Waals surface area contributed by atoms with E-state index < -0.39 is 5.60 Å². The number of ether oxygens (including phenoxy) is 2. The summed E-state index contributed by atoms with van der Waals surface area (Å²) in [4.78, 5) is 0. The Morgan fingerprint density at radius 2 is 1.43 bits per heavy atom. The molecule has 0 aromatic heterocycles. The molecule has 2 nitrogen and oxygen atoms in total. The highest BCUT2D eigenvalue weighted by Gasteiger charge is 2.37. The number of methoxy groups -OCH3 is 1. The van der Waals surface area contributed by atoms with Crippen LogP contribution in [0.25, 0.3) is 16.8 Å². The summed E-state index contributed by atoms with van der Waals surface area (Å²) in [5.74, 6) is 1.72. The first-order valence-corrected chi connectivity index (χ1v) is 9.40. The molecular weight excluding hydrogens is 344 g/mol. The first kappa shape index (κ1) is 16.6. The van der Waals surface area contributed by atoms with Gasteiger partial charge in [0, 0.05) is 16.7 Å². The van der Waals surface area contributed by atoms with Crippen molar-refractivity contribution in [3.63, 3.8) is 0 Å². The summed E-state index contributed by atoms with van der Waals surface area (Å²) in [5.41, 5.74) is 2.60. The van der Waals surface area contributed by atoms with Crippen molar-refractivity contribution in [2.24, 2.45) is 0 Å². The van der Waals surface area contributed by atoms with Gasteiger partial charge in [0.25, 0.3) is 0 Å². The normalized spacial score (nSPS) is 17.8. The molecule has 136 valence electrons. The standard InChI is InChI=1S/C26H20O2/c1-27-22-14-12-21(13-15-22)26(20-8-3-2-4-9-20)18-17-24-23-10-6-5-7-19(23)11-16-25(24)28-26/h2-18H,1H3. The third-order valence-electron chi connectivity index (χ3n) is 5.41. The highest BCUT2D eigenvalue weighted by molar-refractivity contribution is 5.94. The van der Waals surface area contributed by atoms with E-state index >= 15 is 0 Å². The quantitative estimate of drug-likeness (QED) is 0.431. The average molecular weight is 364 g/mol. The van der Waals surface area contributed by atoms with Crippen LogP contribution in [0.4, 0.5) is 0 Å². The molecule has 2 heteroatoms. The van der Waals surface area contributed by atoms with Crippen LogP contribution in [0.1, 0.15) is 16.7 Å². The van der Waals surface area contributed by atoms with E-state index in [4.69, 9.17) is 9.47 Å². The van der Waals surface area contributed by atoms with Gasteiger partial charge in [-0.25, -0.2) is 0 Å².